The molecule has 0 bridgehead atoms. The first-order valence-electron chi connectivity index (χ1n) is 5.43. The van der Waals surface area contributed by atoms with Crippen LogP contribution < -0.4 is 0 Å². The molecule has 2 nitrogen and oxygen atoms in total. The Kier molecular flexibility index (Phi) is 2.51. The summed E-state index contributed by atoms with van der Waals surface area (Å²) in [4.78, 5) is 11.8. The number of esters is 1. The smallest absolute Gasteiger partial charge is 0.316 e. The summed E-state index contributed by atoms with van der Waals surface area (Å²) in [5.74, 6) is -0.0828. The van der Waals surface area contributed by atoms with Crippen LogP contribution >= 0.6 is 0 Å². The number of ether oxygens (including phenoxy) is 1. The quantitative estimate of drug-likeness (QED) is 0.692. The van der Waals surface area contributed by atoms with Crippen molar-refractivity contribution < 1.29 is 9.53 Å². The molecule has 0 N–H and O–H groups in total. The molecule has 1 saturated heterocycles. The van der Waals surface area contributed by atoms with E-state index in [1.54, 1.807) is 0 Å². The van der Waals surface area contributed by atoms with Crippen LogP contribution in [0.1, 0.15) is 32.3 Å². The topological polar surface area (TPSA) is 26.3 Å². The normalized spacial score (nSPS) is 30.3. The van der Waals surface area contributed by atoms with Crippen molar-refractivity contribution in [3.8, 4) is 0 Å². The fourth-order valence-electron chi connectivity index (χ4n) is 2.13. The second kappa shape index (κ2) is 3.69. The van der Waals surface area contributed by atoms with Crippen molar-refractivity contribution >= 4 is 5.97 Å². The van der Waals surface area contributed by atoms with Crippen molar-refractivity contribution in [1.82, 2.24) is 0 Å². The molecule has 1 aliphatic rings. The standard InChI is InChI=1S/C13H16O2/c1-3-11-9-13(2,12(14)15-11)10-7-5-4-6-8-10/h4-8,11H,3,9H2,1-2H3. The highest BCUT2D eigenvalue weighted by Crippen LogP contribution is 2.37. The van der Waals surface area contributed by atoms with Gasteiger partial charge < -0.3 is 4.74 Å². The molecule has 2 unspecified atom stereocenters. The first-order valence-corrected chi connectivity index (χ1v) is 5.43. The van der Waals surface area contributed by atoms with E-state index in [9.17, 15) is 4.79 Å². The van der Waals surface area contributed by atoms with Crippen molar-refractivity contribution in [2.75, 3.05) is 0 Å². The molecular formula is C13H16O2. The second-order valence-electron chi connectivity index (χ2n) is 4.34. The summed E-state index contributed by atoms with van der Waals surface area (Å²) in [5, 5.41) is 0. The van der Waals surface area contributed by atoms with Gasteiger partial charge in [0.15, 0.2) is 0 Å². The zero-order chi connectivity index (χ0) is 10.9. The summed E-state index contributed by atoms with van der Waals surface area (Å²) in [6, 6.07) is 9.89. The van der Waals surface area contributed by atoms with Gasteiger partial charge in [0.05, 0.1) is 5.41 Å². The van der Waals surface area contributed by atoms with Gasteiger partial charge in [-0.2, -0.15) is 0 Å². The summed E-state index contributed by atoms with van der Waals surface area (Å²) >= 11 is 0. The molecule has 1 aromatic rings. The molecule has 80 valence electrons. The lowest BCUT2D eigenvalue weighted by atomic mass is 9.79. The maximum absolute atomic E-state index is 11.8. The van der Waals surface area contributed by atoms with Gasteiger partial charge in [-0.25, -0.2) is 0 Å². The molecule has 15 heavy (non-hydrogen) atoms. The molecule has 0 saturated carbocycles. The van der Waals surface area contributed by atoms with Crippen LogP contribution in [0.25, 0.3) is 0 Å². The van der Waals surface area contributed by atoms with E-state index in [2.05, 4.69) is 6.92 Å². The minimum absolute atomic E-state index is 0.0828. The Balaban J connectivity index is 2.32. The molecule has 1 aromatic carbocycles. The molecule has 0 spiro atoms. The van der Waals surface area contributed by atoms with E-state index in [1.165, 1.54) is 0 Å². The minimum Gasteiger partial charge on any atom is -0.462 e. The Labute approximate surface area is 90.3 Å². The van der Waals surface area contributed by atoms with Gasteiger partial charge in [-0.15, -0.1) is 0 Å². The highest BCUT2D eigenvalue weighted by molar-refractivity contribution is 5.84. The lowest BCUT2D eigenvalue weighted by Gasteiger charge is -2.19. The molecule has 1 heterocycles. The third-order valence-corrected chi connectivity index (χ3v) is 3.23. The molecule has 0 radical (unpaired) electrons. The summed E-state index contributed by atoms with van der Waals surface area (Å²) in [5.41, 5.74) is 0.619. The van der Waals surface area contributed by atoms with Crippen molar-refractivity contribution in [3.63, 3.8) is 0 Å². The summed E-state index contributed by atoms with van der Waals surface area (Å²) in [6.07, 6.45) is 1.78. The average molecular weight is 204 g/mol. The Morgan fingerprint density at radius 3 is 2.60 bits per heavy atom. The highest BCUT2D eigenvalue weighted by Gasteiger charge is 2.45. The number of hydrogen-bond acceptors (Lipinski definition) is 2. The van der Waals surface area contributed by atoms with Crippen molar-refractivity contribution in [2.24, 2.45) is 0 Å². The van der Waals surface area contributed by atoms with E-state index in [1.807, 2.05) is 37.3 Å². The minimum atomic E-state index is -0.443. The number of carbonyl (C=O) groups excluding carboxylic acids is 1. The molecular weight excluding hydrogens is 188 g/mol. The molecule has 2 atom stereocenters. The van der Waals surface area contributed by atoms with E-state index in [0.717, 1.165) is 18.4 Å². The highest BCUT2D eigenvalue weighted by atomic mass is 16.6. The van der Waals surface area contributed by atoms with Crippen LogP contribution in [0.5, 0.6) is 0 Å². The van der Waals surface area contributed by atoms with Crippen LogP contribution in [0.4, 0.5) is 0 Å². The number of carbonyl (C=O) groups is 1. The van der Waals surface area contributed by atoms with Gasteiger partial charge >= 0.3 is 5.97 Å². The van der Waals surface area contributed by atoms with E-state index in [0.29, 0.717) is 0 Å². The largest absolute Gasteiger partial charge is 0.462 e. The zero-order valence-corrected chi connectivity index (χ0v) is 9.19. The monoisotopic (exact) mass is 204 g/mol. The molecule has 0 aromatic heterocycles. The number of cyclic esters (lactones) is 1. The van der Waals surface area contributed by atoms with Crippen LogP contribution in [-0.4, -0.2) is 12.1 Å². The van der Waals surface area contributed by atoms with Gasteiger partial charge in [-0.1, -0.05) is 37.3 Å². The molecule has 0 aliphatic carbocycles. The lowest BCUT2D eigenvalue weighted by Crippen LogP contribution is -2.27. The van der Waals surface area contributed by atoms with E-state index < -0.39 is 5.41 Å². The van der Waals surface area contributed by atoms with Gasteiger partial charge in [0.1, 0.15) is 6.10 Å². The van der Waals surface area contributed by atoms with Crippen LogP contribution in [0, 0.1) is 0 Å². The number of rotatable bonds is 2. The second-order valence-corrected chi connectivity index (χ2v) is 4.34. The molecule has 2 heteroatoms. The Morgan fingerprint density at radius 1 is 1.40 bits per heavy atom. The first-order chi connectivity index (χ1) is 7.16. The summed E-state index contributed by atoms with van der Waals surface area (Å²) < 4.78 is 5.34. The predicted molar refractivity (Wildman–Crippen MR) is 58.6 cm³/mol. The van der Waals surface area contributed by atoms with Gasteiger partial charge in [0.25, 0.3) is 0 Å². The Bertz CT molecular complexity index is 358. The maximum Gasteiger partial charge on any atom is 0.316 e. The van der Waals surface area contributed by atoms with Crippen molar-refractivity contribution in [2.45, 2.75) is 38.2 Å². The van der Waals surface area contributed by atoms with Crippen LogP contribution in [0.3, 0.4) is 0 Å². The van der Waals surface area contributed by atoms with E-state index in [4.69, 9.17) is 4.74 Å². The van der Waals surface area contributed by atoms with Crippen molar-refractivity contribution in [3.05, 3.63) is 35.9 Å². The molecule has 2 rings (SSSR count). The Morgan fingerprint density at radius 2 is 2.07 bits per heavy atom. The van der Waals surface area contributed by atoms with Gasteiger partial charge in [-0.3, -0.25) is 4.79 Å². The van der Waals surface area contributed by atoms with Crippen molar-refractivity contribution in [1.29, 1.82) is 0 Å². The molecule has 1 aliphatic heterocycles. The summed E-state index contributed by atoms with van der Waals surface area (Å²) in [7, 11) is 0. The lowest BCUT2D eigenvalue weighted by molar-refractivity contribution is -0.145. The third kappa shape index (κ3) is 1.65. The van der Waals surface area contributed by atoms with E-state index in [-0.39, 0.29) is 12.1 Å². The number of benzene rings is 1. The third-order valence-electron chi connectivity index (χ3n) is 3.23. The zero-order valence-electron chi connectivity index (χ0n) is 9.19. The van der Waals surface area contributed by atoms with Gasteiger partial charge in [0.2, 0.25) is 0 Å². The van der Waals surface area contributed by atoms with Crippen LogP contribution in [0.2, 0.25) is 0 Å². The average Bonchev–Trinajstić information content (AvgIpc) is 2.57. The number of hydrogen-bond donors (Lipinski definition) is 0. The van der Waals surface area contributed by atoms with Crippen LogP contribution in [0.15, 0.2) is 30.3 Å². The fraction of sp³-hybridized carbons (Fsp3) is 0.462. The summed E-state index contributed by atoms with van der Waals surface area (Å²) in [6.45, 7) is 4.02. The van der Waals surface area contributed by atoms with Crippen LogP contribution in [-0.2, 0) is 14.9 Å². The van der Waals surface area contributed by atoms with Gasteiger partial charge in [0, 0.05) is 6.42 Å². The van der Waals surface area contributed by atoms with E-state index >= 15 is 0 Å². The van der Waals surface area contributed by atoms with Gasteiger partial charge in [-0.05, 0) is 18.9 Å². The maximum atomic E-state index is 11.8. The Hall–Kier alpha value is -1.31. The SMILES string of the molecule is CCC1CC(C)(c2ccccc2)C(=O)O1. The molecule has 0 amide bonds. The first kappa shape index (κ1) is 10.2. The fourth-order valence-corrected chi connectivity index (χ4v) is 2.13. The molecule has 1 fully saturated rings. The predicted octanol–water partition coefficient (Wildman–Crippen LogP) is 2.67.